The molecule has 88 valence electrons. The molecule has 0 aliphatic heterocycles. The zero-order valence-corrected chi connectivity index (χ0v) is 10.6. The molecule has 0 unspecified atom stereocenters. The van der Waals surface area contributed by atoms with Gasteiger partial charge in [-0.3, -0.25) is 0 Å². The first-order chi connectivity index (χ1) is 8.08. The topological polar surface area (TPSA) is 16.1 Å². The van der Waals surface area contributed by atoms with Crippen LogP contribution in [0.25, 0.3) is 0 Å². The van der Waals surface area contributed by atoms with Crippen molar-refractivity contribution in [2.75, 3.05) is 11.9 Å². The van der Waals surface area contributed by atoms with Gasteiger partial charge in [-0.2, -0.15) is 0 Å². The van der Waals surface area contributed by atoms with Crippen LogP contribution in [0.5, 0.6) is 0 Å². The second-order valence-electron chi connectivity index (χ2n) is 3.49. The highest BCUT2D eigenvalue weighted by atomic mass is 79.9. The number of pyridine rings is 1. The molecule has 0 saturated carbocycles. The first kappa shape index (κ1) is 12.0. The predicted octanol–water partition coefficient (Wildman–Crippen LogP) is 3.89. The maximum Gasteiger partial charge on any atom is 0.160 e. The maximum absolute atomic E-state index is 13.1. The summed E-state index contributed by atoms with van der Waals surface area (Å²) in [5.41, 5.74) is 0.540. The largest absolute Gasteiger partial charge is 0.329 e. The average molecular weight is 299 g/mol. The molecule has 0 aliphatic rings. The summed E-state index contributed by atoms with van der Waals surface area (Å²) < 4.78 is 26.8. The highest BCUT2D eigenvalue weighted by Crippen LogP contribution is 2.24. The second-order valence-corrected chi connectivity index (χ2v) is 4.41. The molecule has 1 heterocycles. The van der Waals surface area contributed by atoms with E-state index in [-0.39, 0.29) is 0 Å². The lowest BCUT2D eigenvalue weighted by Gasteiger charge is -2.18. The van der Waals surface area contributed by atoms with Crippen LogP contribution in [0.1, 0.15) is 0 Å². The van der Waals surface area contributed by atoms with Gasteiger partial charge in [-0.05, 0) is 40.2 Å². The van der Waals surface area contributed by atoms with Gasteiger partial charge >= 0.3 is 0 Å². The molecule has 0 radical (unpaired) electrons. The van der Waals surface area contributed by atoms with Gasteiger partial charge in [0.1, 0.15) is 5.82 Å². The zero-order valence-electron chi connectivity index (χ0n) is 8.99. The number of aromatic nitrogens is 1. The van der Waals surface area contributed by atoms with Crippen LogP contribution >= 0.6 is 15.9 Å². The zero-order chi connectivity index (χ0) is 12.4. The van der Waals surface area contributed by atoms with Crippen molar-refractivity contribution in [1.29, 1.82) is 0 Å². The fraction of sp³-hybridized carbons (Fsp3) is 0.0833. The highest BCUT2D eigenvalue weighted by molar-refractivity contribution is 9.10. The molecule has 0 fully saturated rings. The summed E-state index contributed by atoms with van der Waals surface area (Å²) >= 11 is 3.28. The van der Waals surface area contributed by atoms with E-state index in [2.05, 4.69) is 20.9 Å². The number of halogens is 3. The second kappa shape index (κ2) is 4.79. The van der Waals surface area contributed by atoms with E-state index in [1.54, 1.807) is 24.2 Å². The summed E-state index contributed by atoms with van der Waals surface area (Å²) in [6, 6.07) is 7.35. The summed E-state index contributed by atoms with van der Waals surface area (Å²) in [5, 5.41) is 0. The minimum atomic E-state index is -0.869. The predicted molar refractivity (Wildman–Crippen MR) is 66.4 cm³/mol. The molecule has 5 heteroatoms. The minimum Gasteiger partial charge on any atom is -0.329 e. The number of nitrogens with zero attached hydrogens (tertiary/aromatic N) is 2. The standard InChI is InChI=1S/C12H9BrF2N2/c1-17(12-5-2-8(13)7-16-12)9-3-4-10(14)11(15)6-9/h2-7H,1H3. The summed E-state index contributed by atoms with van der Waals surface area (Å²) in [6.45, 7) is 0. The smallest absolute Gasteiger partial charge is 0.160 e. The number of anilines is 2. The van der Waals surface area contributed by atoms with Gasteiger partial charge in [0.05, 0.1) is 0 Å². The summed E-state index contributed by atoms with van der Waals surface area (Å²) in [7, 11) is 1.74. The highest BCUT2D eigenvalue weighted by Gasteiger charge is 2.08. The van der Waals surface area contributed by atoms with Crippen LogP contribution in [0.15, 0.2) is 41.0 Å². The van der Waals surface area contributed by atoms with Gasteiger partial charge in [-0.15, -0.1) is 0 Å². The van der Waals surface area contributed by atoms with E-state index < -0.39 is 11.6 Å². The van der Waals surface area contributed by atoms with E-state index >= 15 is 0 Å². The van der Waals surface area contributed by atoms with Crippen molar-refractivity contribution in [3.63, 3.8) is 0 Å². The fourth-order valence-electron chi connectivity index (χ4n) is 1.39. The van der Waals surface area contributed by atoms with Gasteiger partial charge in [-0.25, -0.2) is 13.8 Å². The molecular weight excluding hydrogens is 290 g/mol. The fourth-order valence-corrected chi connectivity index (χ4v) is 1.63. The lowest BCUT2D eigenvalue weighted by molar-refractivity contribution is 0.509. The van der Waals surface area contributed by atoms with Gasteiger partial charge in [0.2, 0.25) is 0 Å². The molecule has 0 N–H and O–H groups in total. The molecule has 0 spiro atoms. The molecule has 0 bridgehead atoms. The Kier molecular flexibility index (Phi) is 3.38. The molecule has 17 heavy (non-hydrogen) atoms. The SMILES string of the molecule is CN(c1ccc(F)c(F)c1)c1ccc(Br)cn1. The van der Waals surface area contributed by atoms with Gasteiger partial charge in [0.25, 0.3) is 0 Å². The molecule has 0 amide bonds. The van der Waals surface area contributed by atoms with Crippen LogP contribution in [0.3, 0.4) is 0 Å². The van der Waals surface area contributed by atoms with Crippen LogP contribution in [-0.2, 0) is 0 Å². The van der Waals surface area contributed by atoms with Crippen molar-refractivity contribution in [3.05, 3.63) is 52.6 Å². The number of benzene rings is 1. The molecule has 2 aromatic rings. The molecule has 2 rings (SSSR count). The van der Waals surface area contributed by atoms with Crippen LogP contribution in [0.2, 0.25) is 0 Å². The van der Waals surface area contributed by atoms with Crippen molar-refractivity contribution in [2.24, 2.45) is 0 Å². The monoisotopic (exact) mass is 298 g/mol. The van der Waals surface area contributed by atoms with E-state index in [1.165, 1.54) is 6.07 Å². The van der Waals surface area contributed by atoms with Gasteiger partial charge in [-0.1, -0.05) is 0 Å². The third-order valence-corrected chi connectivity index (χ3v) is 2.81. The number of hydrogen-bond donors (Lipinski definition) is 0. The Bertz CT molecular complexity index is 529. The normalized spacial score (nSPS) is 10.4. The van der Waals surface area contributed by atoms with Crippen LogP contribution < -0.4 is 4.90 Å². The maximum atomic E-state index is 13.1. The van der Waals surface area contributed by atoms with Crippen LogP contribution in [-0.4, -0.2) is 12.0 Å². The molecule has 0 aliphatic carbocycles. The summed E-state index contributed by atoms with van der Waals surface area (Å²) in [6.07, 6.45) is 1.64. The molecule has 1 aromatic carbocycles. The molecule has 0 atom stereocenters. The Labute approximate surface area is 106 Å². The van der Waals surface area contributed by atoms with E-state index in [4.69, 9.17) is 0 Å². The number of hydrogen-bond acceptors (Lipinski definition) is 2. The van der Waals surface area contributed by atoms with Gasteiger partial charge in [0.15, 0.2) is 11.6 Å². The molecule has 0 saturated heterocycles. The third-order valence-electron chi connectivity index (χ3n) is 2.35. The minimum absolute atomic E-state index is 0.540. The van der Waals surface area contributed by atoms with Crippen molar-refractivity contribution < 1.29 is 8.78 Å². The van der Waals surface area contributed by atoms with E-state index in [1.807, 2.05) is 6.07 Å². The third kappa shape index (κ3) is 2.61. The van der Waals surface area contributed by atoms with Crippen LogP contribution in [0.4, 0.5) is 20.3 Å². The first-order valence-corrected chi connectivity index (χ1v) is 5.67. The summed E-state index contributed by atoms with van der Waals surface area (Å²) in [4.78, 5) is 5.85. The average Bonchev–Trinajstić information content (AvgIpc) is 2.33. The van der Waals surface area contributed by atoms with Crippen molar-refractivity contribution >= 4 is 27.4 Å². The van der Waals surface area contributed by atoms with Gasteiger partial charge in [0, 0.05) is 29.5 Å². The Balaban J connectivity index is 2.33. The summed E-state index contributed by atoms with van der Waals surface area (Å²) in [5.74, 6) is -1.07. The quantitative estimate of drug-likeness (QED) is 0.836. The Morgan fingerprint density at radius 3 is 2.47 bits per heavy atom. The van der Waals surface area contributed by atoms with Crippen molar-refractivity contribution in [3.8, 4) is 0 Å². The molecular formula is C12H9BrF2N2. The lowest BCUT2D eigenvalue weighted by Crippen LogP contribution is -2.11. The lowest BCUT2D eigenvalue weighted by atomic mass is 10.2. The van der Waals surface area contributed by atoms with E-state index in [9.17, 15) is 8.78 Å². The van der Waals surface area contributed by atoms with E-state index in [0.29, 0.717) is 11.5 Å². The van der Waals surface area contributed by atoms with Crippen molar-refractivity contribution in [2.45, 2.75) is 0 Å². The molecule has 2 nitrogen and oxygen atoms in total. The van der Waals surface area contributed by atoms with E-state index in [0.717, 1.165) is 16.6 Å². The molecule has 1 aromatic heterocycles. The first-order valence-electron chi connectivity index (χ1n) is 4.88. The Morgan fingerprint density at radius 2 is 1.88 bits per heavy atom. The number of rotatable bonds is 2. The Hall–Kier alpha value is -1.49. The van der Waals surface area contributed by atoms with Gasteiger partial charge < -0.3 is 4.90 Å². The Morgan fingerprint density at radius 1 is 1.12 bits per heavy atom. The van der Waals surface area contributed by atoms with Crippen molar-refractivity contribution in [1.82, 2.24) is 4.98 Å². The van der Waals surface area contributed by atoms with Crippen LogP contribution in [0, 0.1) is 11.6 Å².